The zero-order chi connectivity index (χ0) is 16.1. The first kappa shape index (κ1) is 16.5. The SMILES string of the molecule is COCC(=O)N[C@H](C(=O)N1CCC(c2ccco2)C1)C(C)C. The van der Waals surface area contributed by atoms with Gasteiger partial charge in [0, 0.05) is 26.1 Å². The molecule has 2 amide bonds. The van der Waals surface area contributed by atoms with Crippen molar-refractivity contribution in [2.24, 2.45) is 5.92 Å². The molecule has 0 spiro atoms. The van der Waals surface area contributed by atoms with Gasteiger partial charge < -0.3 is 19.4 Å². The van der Waals surface area contributed by atoms with Crippen molar-refractivity contribution in [3.8, 4) is 0 Å². The van der Waals surface area contributed by atoms with Gasteiger partial charge in [0.05, 0.1) is 6.26 Å². The van der Waals surface area contributed by atoms with Gasteiger partial charge in [0.15, 0.2) is 0 Å². The Morgan fingerprint density at radius 3 is 2.86 bits per heavy atom. The number of rotatable bonds is 6. The fourth-order valence-electron chi connectivity index (χ4n) is 2.77. The number of hydrogen-bond donors (Lipinski definition) is 1. The second-order valence-corrected chi connectivity index (χ2v) is 6.01. The number of nitrogens with one attached hydrogen (secondary N) is 1. The van der Waals surface area contributed by atoms with Crippen molar-refractivity contribution in [2.75, 3.05) is 26.8 Å². The lowest BCUT2D eigenvalue weighted by Gasteiger charge is -2.26. The van der Waals surface area contributed by atoms with Crippen LogP contribution in [0.4, 0.5) is 0 Å². The van der Waals surface area contributed by atoms with E-state index in [9.17, 15) is 9.59 Å². The van der Waals surface area contributed by atoms with Gasteiger partial charge in [0.2, 0.25) is 11.8 Å². The molecule has 122 valence electrons. The lowest BCUT2D eigenvalue weighted by atomic mass is 10.0. The van der Waals surface area contributed by atoms with Gasteiger partial charge in [0.1, 0.15) is 18.4 Å². The summed E-state index contributed by atoms with van der Waals surface area (Å²) in [4.78, 5) is 26.2. The highest BCUT2D eigenvalue weighted by Gasteiger charge is 2.34. The molecule has 2 heterocycles. The first-order chi connectivity index (χ1) is 10.5. The zero-order valence-corrected chi connectivity index (χ0v) is 13.4. The maximum Gasteiger partial charge on any atom is 0.246 e. The van der Waals surface area contributed by atoms with Crippen molar-refractivity contribution >= 4 is 11.8 Å². The maximum absolute atomic E-state index is 12.7. The number of furan rings is 1. The predicted octanol–water partition coefficient (Wildman–Crippen LogP) is 1.38. The summed E-state index contributed by atoms with van der Waals surface area (Å²) in [5.74, 6) is 0.877. The molecule has 1 aliphatic rings. The molecular formula is C16H24N2O4. The molecule has 0 bridgehead atoms. The van der Waals surface area contributed by atoms with Gasteiger partial charge in [-0.25, -0.2) is 0 Å². The fourth-order valence-corrected chi connectivity index (χ4v) is 2.77. The van der Waals surface area contributed by atoms with E-state index in [1.54, 1.807) is 6.26 Å². The van der Waals surface area contributed by atoms with E-state index in [2.05, 4.69) is 5.32 Å². The Labute approximate surface area is 130 Å². The lowest BCUT2D eigenvalue weighted by Crippen LogP contribution is -2.51. The Balaban J connectivity index is 1.97. The number of hydrogen-bond acceptors (Lipinski definition) is 4. The normalized spacial score (nSPS) is 19.5. The molecule has 2 atom stereocenters. The Kier molecular flexibility index (Phi) is 5.60. The molecule has 1 aliphatic heterocycles. The summed E-state index contributed by atoms with van der Waals surface area (Å²) in [6, 6.07) is 3.29. The summed E-state index contributed by atoms with van der Waals surface area (Å²) < 4.78 is 10.2. The summed E-state index contributed by atoms with van der Waals surface area (Å²) in [5.41, 5.74) is 0. The number of nitrogens with zero attached hydrogens (tertiary/aromatic N) is 1. The van der Waals surface area contributed by atoms with E-state index in [1.807, 2.05) is 30.9 Å². The minimum atomic E-state index is -0.516. The Bertz CT molecular complexity index is 498. The van der Waals surface area contributed by atoms with Crippen LogP contribution in [0.1, 0.15) is 31.9 Å². The van der Waals surface area contributed by atoms with Crippen LogP contribution in [0.3, 0.4) is 0 Å². The molecule has 1 saturated heterocycles. The average molecular weight is 308 g/mol. The van der Waals surface area contributed by atoms with Crippen LogP contribution in [0.15, 0.2) is 22.8 Å². The number of methoxy groups -OCH3 is 1. The second-order valence-electron chi connectivity index (χ2n) is 6.01. The Morgan fingerprint density at radius 1 is 1.50 bits per heavy atom. The number of carbonyl (C=O) groups is 2. The molecule has 0 radical (unpaired) electrons. The third-order valence-electron chi connectivity index (χ3n) is 3.97. The molecule has 6 heteroatoms. The third-order valence-corrected chi connectivity index (χ3v) is 3.97. The van der Waals surface area contributed by atoms with Gasteiger partial charge in [-0.2, -0.15) is 0 Å². The molecule has 1 unspecified atom stereocenters. The van der Waals surface area contributed by atoms with Crippen LogP contribution in [0.25, 0.3) is 0 Å². The van der Waals surface area contributed by atoms with Crippen molar-refractivity contribution in [3.63, 3.8) is 0 Å². The smallest absolute Gasteiger partial charge is 0.246 e. The molecule has 2 rings (SSSR count). The first-order valence-electron chi connectivity index (χ1n) is 7.63. The number of carbonyl (C=O) groups excluding carboxylic acids is 2. The summed E-state index contributed by atoms with van der Waals surface area (Å²) in [5, 5.41) is 2.77. The largest absolute Gasteiger partial charge is 0.469 e. The Hall–Kier alpha value is -1.82. The highest BCUT2D eigenvalue weighted by atomic mass is 16.5. The number of ether oxygens (including phenoxy) is 1. The van der Waals surface area contributed by atoms with Crippen molar-refractivity contribution in [3.05, 3.63) is 24.2 Å². The summed E-state index contributed by atoms with van der Waals surface area (Å²) >= 11 is 0. The molecule has 22 heavy (non-hydrogen) atoms. The molecule has 1 fully saturated rings. The monoisotopic (exact) mass is 308 g/mol. The van der Waals surface area contributed by atoms with Crippen LogP contribution in [0.5, 0.6) is 0 Å². The van der Waals surface area contributed by atoms with Crippen molar-refractivity contribution in [1.82, 2.24) is 10.2 Å². The topological polar surface area (TPSA) is 71.8 Å². The number of likely N-dealkylation sites (tertiary alicyclic amines) is 1. The molecule has 6 nitrogen and oxygen atoms in total. The third kappa shape index (κ3) is 3.88. The highest BCUT2D eigenvalue weighted by molar-refractivity contribution is 5.88. The quantitative estimate of drug-likeness (QED) is 0.862. The van der Waals surface area contributed by atoms with Crippen LogP contribution in [-0.2, 0) is 14.3 Å². The van der Waals surface area contributed by atoms with Gasteiger partial charge in [0.25, 0.3) is 0 Å². The van der Waals surface area contributed by atoms with Crippen LogP contribution < -0.4 is 5.32 Å². The second kappa shape index (κ2) is 7.45. The van der Waals surface area contributed by atoms with Gasteiger partial charge in [-0.15, -0.1) is 0 Å². The van der Waals surface area contributed by atoms with Gasteiger partial charge in [-0.1, -0.05) is 13.8 Å². The number of amides is 2. The van der Waals surface area contributed by atoms with Gasteiger partial charge >= 0.3 is 0 Å². The molecule has 0 aromatic carbocycles. The predicted molar refractivity (Wildman–Crippen MR) is 81.3 cm³/mol. The highest BCUT2D eigenvalue weighted by Crippen LogP contribution is 2.28. The lowest BCUT2D eigenvalue weighted by molar-refractivity contribution is -0.137. The summed E-state index contributed by atoms with van der Waals surface area (Å²) in [6.45, 7) is 5.14. The fraction of sp³-hybridized carbons (Fsp3) is 0.625. The van der Waals surface area contributed by atoms with E-state index in [-0.39, 0.29) is 30.3 Å². The van der Waals surface area contributed by atoms with Crippen LogP contribution in [0, 0.1) is 5.92 Å². The van der Waals surface area contributed by atoms with E-state index in [0.717, 1.165) is 12.2 Å². The van der Waals surface area contributed by atoms with Crippen LogP contribution in [-0.4, -0.2) is 49.6 Å². The van der Waals surface area contributed by atoms with E-state index in [0.29, 0.717) is 13.1 Å². The van der Waals surface area contributed by atoms with E-state index in [1.165, 1.54) is 7.11 Å². The molecule has 0 saturated carbocycles. The average Bonchev–Trinajstić information content (AvgIpc) is 3.14. The first-order valence-corrected chi connectivity index (χ1v) is 7.63. The minimum Gasteiger partial charge on any atom is -0.469 e. The van der Waals surface area contributed by atoms with E-state index < -0.39 is 6.04 Å². The maximum atomic E-state index is 12.7. The molecule has 1 N–H and O–H groups in total. The Morgan fingerprint density at radius 2 is 2.27 bits per heavy atom. The van der Waals surface area contributed by atoms with E-state index >= 15 is 0 Å². The molecular weight excluding hydrogens is 284 g/mol. The van der Waals surface area contributed by atoms with Crippen LogP contribution in [0.2, 0.25) is 0 Å². The molecule has 1 aromatic heterocycles. The van der Waals surface area contributed by atoms with E-state index in [4.69, 9.17) is 9.15 Å². The summed E-state index contributed by atoms with van der Waals surface area (Å²) in [7, 11) is 1.46. The minimum absolute atomic E-state index is 0.0240. The zero-order valence-electron chi connectivity index (χ0n) is 13.4. The van der Waals surface area contributed by atoms with Crippen molar-refractivity contribution < 1.29 is 18.7 Å². The molecule has 1 aromatic rings. The van der Waals surface area contributed by atoms with Crippen molar-refractivity contribution in [1.29, 1.82) is 0 Å². The van der Waals surface area contributed by atoms with Gasteiger partial charge in [-0.05, 0) is 24.5 Å². The van der Waals surface area contributed by atoms with Crippen molar-refractivity contribution in [2.45, 2.75) is 32.2 Å². The van der Waals surface area contributed by atoms with Crippen LogP contribution >= 0.6 is 0 Å². The molecule has 0 aliphatic carbocycles. The van der Waals surface area contributed by atoms with Gasteiger partial charge in [-0.3, -0.25) is 9.59 Å². The summed E-state index contributed by atoms with van der Waals surface area (Å²) in [6.07, 6.45) is 2.54. The standard InChI is InChI=1S/C16H24N2O4/c1-11(2)15(17-14(19)10-21-3)16(20)18-7-6-12(9-18)13-5-4-8-22-13/h4-5,8,11-12,15H,6-7,9-10H2,1-3H3,(H,17,19)/t12?,15-/m0/s1.